The van der Waals surface area contributed by atoms with Crippen LogP contribution in [-0.2, 0) is 10.2 Å². The second-order valence-corrected chi connectivity index (χ2v) is 7.61. The summed E-state index contributed by atoms with van der Waals surface area (Å²) in [5.74, 6) is 0.258. The molecule has 0 aromatic heterocycles. The highest BCUT2D eigenvalue weighted by atomic mass is 32.2. The van der Waals surface area contributed by atoms with Gasteiger partial charge in [0.25, 0.3) is 10.2 Å². The molecule has 1 atom stereocenters. The molecule has 1 aliphatic rings. The maximum absolute atomic E-state index is 12.5. The second kappa shape index (κ2) is 7.63. The molecule has 0 unspecified atom stereocenters. The van der Waals surface area contributed by atoms with Crippen molar-refractivity contribution >= 4 is 10.2 Å². The van der Waals surface area contributed by atoms with Gasteiger partial charge in [-0.3, -0.25) is 0 Å². The van der Waals surface area contributed by atoms with Crippen LogP contribution < -0.4 is 4.74 Å². The van der Waals surface area contributed by atoms with E-state index in [1.165, 1.54) is 8.61 Å². The summed E-state index contributed by atoms with van der Waals surface area (Å²) >= 11 is 0. The minimum Gasteiger partial charge on any atom is -0.488 e. The third kappa shape index (κ3) is 4.04. The van der Waals surface area contributed by atoms with Crippen molar-refractivity contribution in [2.75, 3.05) is 26.2 Å². The molecule has 2 rings (SSSR count). The highest BCUT2D eigenvalue weighted by molar-refractivity contribution is 7.86. The summed E-state index contributed by atoms with van der Waals surface area (Å²) in [5.41, 5.74) is 0.547. The molecule has 0 spiro atoms. The van der Waals surface area contributed by atoms with Gasteiger partial charge in [-0.2, -0.15) is 27.6 Å². The molecule has 7 nitrogen and oxygen atoms in total. The van der Waals surface area contributed by atoms with Crippen LogP contribution >= 0.6 is 0 Å². The van der Waals surface area contributed by atoms with Crippen molar-refractivity contribution in [3.63, 3.8) is 0 Å². The third-order valence-corrected chi connectivity index (χ3v) is 5.81. The Balaban J connectivity index is 1.92. The smallest absolute Gasteiger partial charge is 0.282 e. The van der Waals surface area contributed by atoms with Crippen LogP contribution in [0, 0.1) is 28.6 Å². The fraction of sp³-hybridized carbons (Fsp3) is 0.500. The maximum atomic E-state index is 12.5. The molecular formula is C16H20N4O3S. The first-order valence-electron chi connectivity index (χ1n) is 7.72. The molecule has 24 heavy (non-hydrogen) atoms. The van der Waals surface area contributed by atoms with Crippen molar-refractivity contribution in [1.82, 2.24) is 8.61 Å². The number of nitriles is 2. The van der Waals surface area contributed by atoms with Crippen molar-refractivity contribution in [2.45, 2.75) is 20.0 Å². The third-order valence-electron chi connectivity index (χ3n) is 3.80. The average Bonchev–Trinajstić information content (AvgIpc) is 2.55. The topological polar surface area (TPSA) is 97.4 Å². The highest BCUT2D eigenvalue weighted by Gasteiger charge is 2.40. The largest absolute Gasteiger partial charge is 0.488 e. The van der Waals surface area contributed by atoms with E-state index in [0.29, 0.717) is 17.9 Å². The van der Waals surface area contributed by atoms with E-state index in [0.717, 1.165) is 0 Å². The van der Waals surface area contributed by atoms with Gasteiger partial charge in [0.1, 0.15) is 11.9 Å². The molecule has 0 bridgehead atoms. The predicted molar refractivity (Wildman–Crippen MR) is 88.1 cm³/mol. The van der Waals surface area contributed by atoms with Gasteiger partial charge < -0.3 is 4.74 Å². The van der Waals surface area contributed by atoms with Crippen LogP contribution in [0.15, 0.2) is 24.3 Å². The summed E-state index contributed by atoms with van der Waals surface area (Å²) < 4.78 is 33.4. The minimum atomic E-state index is -3.56. The molecule has 1 heterocycles. The van der Waals surface area contributed by atoms with Crippen LogP contribution in [0.5, 0.6) is 5.75 Å². The summed E-state index contributed by atoms with van der Waals surface area (Å²) in [5, 5.41) is 17.6. The molecule has 0 radical (unpaired) electrons. The van der Waals surface area contributed by atoms with E-state index in [4.69, 9.17) is 15.3 Å². The lowest BCUT2D eigenvalue weighted by molar-refractivity contribution is 0.0712. The molecule has 128 valence electrons. The summed E-state index contributed by atoms with van der Waals surface area (Å²) in [6.07, 6.45) is -0.209. The van der Waals surface area contributed by atoms with Gasteiger partial charge in [-0.1, -0.05) is 6.92 Å². The van der Waals surface area contributed by atoms with Gasteiger partial charge in [0.2, 0.25) is 0 Å². The first-order valence-corrected chi connectivity index (χ1v) is 9.12. The summed E-state index contributed by atoms with van der Waals surface area (Å²) in [7, 11) is -3.56. The van der Waals surface area contributed by atoms with E-state index >= 15 is 0 Å². The Morgan fingerprint density at radius 2 is 1.96 bits per heavy atom. The Bertz CT molecular complexity index is 743. The zero-order valence-corrected chi connectivity index (χ0v) is 14.5. The number of benzene rings is 1. The Morgan fingerprint density at radius 1 is 1.33 bits per heavy atom. The average molecular weight is 348 g/mol. The molecule has 0 saturated carbocycles. The van der Waals surface area contributed by atoms with Crippen molar-refractivity contribution in [1.29, 1.82) is 10.5 Å². The van der Waals surface area contributed by atoms with Crippen LogP contribution in [0.4, 0.5) is 0 Å². The van der Waals surface area contributed by atoms with Crippen molar-refractivity contribution < 1.29 is 13.2 Å². The number of hydrogen-bond donors (Lipinski definition) is 0. The zero-order chi connectivity index (χ0) is 17.7. The van der Waals surface area contributed by atoms with E-state index in [1.807, 2.05) is 6.07 Å². The van der Waals surface area contributed by atoms with E-state index in [-0.39, 0.29) is 31.7 Å². The summed E-state index contributed by atoms with van der Waals surface area (Å²) in [4.78, 5) is 0. The zero-order valence-electron chi connectivity index (χ0n) is 13.7. The fourth-order valence-corrected chi connectivity index (χ4v) is 4.13. The van der Waals surface area contributed by atoms with E-state index in [2.05, 4.69) is 6.07 Å². The van der Waals surface area contributed by atoms with E-state index < -0.39 is 10.2 Å². The molecule has 8 heteroatoms. The van der Waals surface area contributed by atoms with Crippen LogP contribution in [0.2, 0.25) is 0 Å². The first-order chi connectivity index (χ1) is 11.4. The Morgan fingerprint density at radius 3 is 2.46 bits per heavy atom. The molecule has 1 aromatic carbocycles. The lowest BCUT2D eigenvalue weighted by atomic mass is 10.2. The summed E-state index contributed by atoms with van der Waals surface area (Å²) in [6, 6.07) is 10.8. The SMILES string of the molecule is CCN(C[C@H](C)C#N)S(=O)(=O)N1CC(Oc2ccc(C#N)cc2)C1. The van der Waals surface area contributed by atoms with Crippen LogP contribution in [-0.4, -0.2) is 49.3 Å². The van der Waals surface area contributed by atoms with Gasteiger partial charge in [-0.05, 0) is 31.2 Å². The van der Waals surface area contributed by atoms with Crippen LogP contribution in [0.25, 0.3) is 0 Å². The maximum Gasteiger partial charge on any atom is 0.282 e. The molecule has 1 saturated heterocycles. The van der Waals surface area contributed by atoms with E-state index in [9.17, 15) is 8.42 Å². The van der Waals surface area contributed by atoms with Gasteiger partial charge in [0, 0.05) is 13.1 Å². The molecule has 0 N–H and O–H groups in total. The second-order valence-electron chi connectivity index (χ2n) is 5.68. The lowest BCUT2D eigenvalue weighted by Crippen LogP contribution is -2.60. The van der Waals surface area contributed by atoms with Gasteiger partial charge in [-0.15, -0.1) is 0 Å². The quantitative estimate of drug-likeness (QED) is 0.741. The normalized spacial score (nSPS) is 16.9. The van der Waals surface area contributed by atoms with Crippen molar-refractivity contribution in [3.8, 4) is 17.9 Å². The molecule has 0 aliphatic carbocycles. The predicted octanol–water partition coefficient (Wildman–Crippen LogP) is 1.35. The molecular weight excluding hydrogens is 328 g/mol. The van der Waals surface area contributed by atoms with Gasteiger partial charge in [0.15, 0.2) is 0 Å². The monoisotopic (exact) mass is 348 g/mol. The Labute approximate surface area is 142 Å². The summed E-state index contributed by atoms with van der Waals surface area (Å²) in [6.45, 7) is 4.52. The first kappa shape index (κ1) is 18.2. The number of nitrogens with zero attached hydrogens (tertiary/aromatic N) is 4. The van der Waals surface area contributed by atoms with Crippen molar-refractivity contribution in [3.05, 3.63) is 29.8 Å². The Kier molecular flexibility index (Phi) is 5.79. The number of rotatable bonds is 7. The number of ether oxygens (including phenoxy) is 1. The lowest BCUT2D eigenvalue weighted by Gasteiger charge is -2.40. The highest BCUT2D eigenvalue weighted by Crippen LogP contribution is 2.23. The molecule has 1 fully saturated rings. The van der Waals surface area contributed by atoms with Crippen molar-refractivity contribution in [2.24, 2.45) is 5.92 Å². The van der Waals surface area contributed by atoms with Crippen LogP contribution in [0.1, 0.15) is 19.4 Å². The van der Waals surface area contributed by atoms with Gasteiger partial charge in [-0.25, -0.2) is 0 Å². The molecule has 1 aromatic rings. The fourth-order valence-electron chi connectivity index (χ4n) is 2.36. The van der Waals surface area contributed by atoms with Gasteiger partial charge >= 0.3 is 0 Å². The van der Waals surface area contributed by atoms with Crippen LogP contribution in [0.3, 0.4) is 0 Å². The van der Waals surface area contributed by atoms with Gasteiger partial charge in [0.05, 0.1) is 36.7 Å². The molecule has 1 aliphatic heterocycles. The Hall–Kier alpha value is -2.13. The number of hydrogen-bond acceptors (Lipinski definition) is 5. The molecule has 0 amide bonds. The van der Waals surface area contributed by atoms with E-state index in [1.54, 1.807) is 38.1 Å². The standard InChI is InChI=1S/C16H20N4O3S/c1-3-19(10-13(2)8-17)24(21,22)20-11-16(12-20)23-15-6-4-14(9-18)5-7-15/h4-7,13,16H,3,10-12H2,1-2H3/t13-/m1/s1. The minimum absolute atomic E-state index is 0.187.